The molecule has 0 atom stereocenters. The number of carbonyl (C=O) groups excluding carboxylic acids is 1. The number of carboxylic acid groups (broad SMARTS) is 1. The van der Waals surface area contributed by atoms with Crippen LogP contribution in [0.25, 0.3) is 11.0 Å². The molecule has 0 fully saturated rings. The lowest BCUT2D eigenvalue weighted by Gasteiger charge is -2.00. The molecule has 0 amide bonds. The number of ether oxygens (including phenoxy) is 1. The second-order valence-electron chi connectivity index (χ2n) is 3.06. The van der Waals surface area contributed by atoms with Gasteiger partial charge in [-0.25, -0.2) is 19.1 Å². The molecule has 2 rings (SSSR count). The molecule has 6 nitrogen and oxygen atoms in total. The molecule has 0 bridgehead atoms. The Balaban J connectivity index is 2.71. The largest absolute Gasteiger partial charge is 0.465 e. The lowest BCUT2D eigenvalue weighted by atomic mass is 10.2. The van der Waals surface area contributed by atoms with Crippen molar-refractivity contribution >= 4 is 23.1 Å². The Morgan fingerprint density at radius 3 is 2.81 bits per heavy atom. The number of benzene rings is 1. The number of imidazole rings is 1. The summed E-state index contributed by atoms with van der Waals surface area (Å²) in [5.74, 6) is -0.541. The highest BCUT2D eigenvalue weighted by molar-refractivity contribution is 6.03. The van der Waals surface area contributed by atoms with Crippen molar-refractivity contribution in [3.8, 4) is 0 Å². The first-order valence-electron chi connectivity index (χ1n) is 4.43. The van der Waals surface area contributed by atoms with E-state index in [9.17, 15) is 9.59 Å². The molecule has 0 aliphatic carbocycles. The van der Waals surface area contributed by atoms with Gasteiger partial charge in [0.2, 0.25) is 0 Å². The van der Waals surface area contributed by atoms with Crippen molar-refractivity contribution in [1.82, 2.24) is 9.55 Å². The van der Waals surface area contributed by atoms with Crippen LogP contribution >= 0.6 is 0 Å². The van der Waals surface area contributed by atoms with Crippen molar-refractivity contribution in [3.05, 3.63) is 30.1 Å². The van der Waals surface area contributed by atoms with Gasteiger partial charge in [0.1, 0.15) is 11.8 Å². The zero-order valence-electron chi connectivity index (χ0n) is 8.38. The first-order chi connectivity index (χ1) is 7.65. The number of carbonyl (C=O) groups is 2. The number of fused-ring (bicyclic) bond motifs is 1. The van der Waals surface area contributed by atoms with Crippen molar-refractivity contribution in [2.75, 3.05) is 7.11 Å². The summed E-state index contributed by atoms with van der Waals surface area (Å²) in [5.41, 5.74) is 0.923. The van der Waals surface area contributed by atoms with Crippen molar-refractivity contribution in [1.29, 1.82) is 0 Å². The molecule has 0 radical (unpaired) electrons. The van der Waals surface area contributed by atoms with Crippen molar-refractivity contribution in [2.24, 2.45) is 0 Å². The molecule has 1 N–H and O–H groups in total. The number of para-hydroxylation sites is 1. The van der Waals surface area contributed by atoms with Gasteiger partial charge in [-0.05, 0) is 12.1 Å². The molecule has 0 unspecified atom stereocenters. The van der Waals surface area contributed by atoms with Crippen LogP contribution in [0.1, 0.15) is 10.4 Å². The maximum absolute atomic E-state index is 11.4. The van der Waals surface area contributed by atoms with Gasteiger partial charge >= 0.3 is 12.1 Å². The zero-order valence-corrected chi connectivity index (χ0v) is 8.38. The summed E-state index contributed by atoms with van der Waals surface area (Å²) in [5, 5.41) is 8.87. The van der Waals surface area contributed by atoms with E-state index in [1.54, 1.807) is 12.1 Å². The highest BCUT2D eigenvalue weighted by atomic mass is 16.5. The van der Waals surface area contributed by atoms with Crippen LogP contribution in [0.2, 0.25) is 0 Å². The molecule has 1 heterocycles. The van der Waals surface area contributed by atoms with Crippen molar-refractivity contribution in [3.63, 3.8) is 0 Å². The molecule has 0 aliphatic heterocycles. The van der Waals surface area contributed by atoms with Crippen LogP contribution in [0.5, 0.6) is 0 Å². The number of aromatic nitrogens is 2. The highest BCUT2D eigenvalue weighted by Crippen LogP contribution is 2.17. The van der Waals surface area contributed by atoms with Crippen LogP contribution < -0.4 is 0 Å². The topological polar surface area (TPSA) is 81.4 Å². The van der Waals surface area contributed by atoms with Gasteiger partial charge in [0.15, 0.2) is 0 Å². The molecule has 0 saturated heterocycles. The quantitative estimate of drug-likeness (QED) is 0.733. The van der Waals surface area contributed by atoms with E-state index in [-0.39, 0.29) is 5.56 Å². The van der Waals surface area contributed by atoms with Crippen LogP contribution in [-0.4, -0.2) is 33.8 Å². The van der Waals surface area contributed by atoms with Crippen LogP contribution in [0.15, 0.2) is 24.5 Å². The molecule has 6 heteroatoms. The number of hydrogen-bond acceptors (Lipinski definition) is 4. The van der Waals surface area contributed by atoms with Crippen LogP contribution in [0, 0.1) is 0 Å². The third-order valence-corrected chi connectivity index (χ3v) is 2.19. The molecule has 0 spiro atoms. The van der Waals surface area contributed by atoms with Crippen LogP contribution in [-0.2, 0) is 4.74 Å². The lowest BCUT2D eigenvalue weighted by molar-refractivity contribution is 0.0602. The first-order valence-corrected chi connectivity index (χ1v) is 4.43. The normalized spacial score (nSPS) is 10.3. The first kappa shape index (κ1) is 10.2. The molecule has 16 heavy (non-hydrogen) atoms. The smallest absolute Gasteiger partial charge is 0.417 e. The number of esters is 1. The maximum atomic E-state index is 11.4. The standard InChI is InChI=1S/C10H8N2O4/c1-16-9(13)6-3-2-4-7-8(6)11-5-12(7)10(14)15/h2-5H,1H3,(H,14,15). The van der Waals surface area contributed by atoms with Gasteiger partial charge in [-0.1, -0.05) is 6.07 Å². The van der Waals surface area contributed by atoms with Gasteiger partial charge in [-0.15, -0.1) is 0 Å². The van der Waals surface area contributed by atoms with E-state index in [4.69, 9.17) is 5.11 Å². The van der Waals surface area contributed by atoms with Crippen molar-refractivity contribution < 1.29 is 19.4 Å². The van der Waals surface area contributed by atoms with E-state index in [1.165, 1.54) is 13.2 Å². The minimum absolute atomic E-state index is 0.250. The average molecular weight is 220 g/mol. The predicted molar refractivity (Wildman–Crippen MR) is 54.5 cm³/mol. The van der Waals surface area contributed by atoms with E-state index >= 15 is 0 Å². The van der Waals surface area contributed by atoms with Gasteiger partial charge in [0, 0.05) is 0 Å². The summed E-state index contributed by atoms with van der Waals surface area (Å²) in [6.45, 7) is 0. The Labute approximate surface area is 90.1 Å². The minimum atomic E-state index is -1.15. The fraction of sp³-hybridized carbons (Fsp3) is 0.100. The van der Waals surface area contributed by atoms with E-state index in [0.29, 0.717) is 11.0 Å². The maximum Gasteiger partial charge on any atom is 0.417 e. The van der Waals surface area contributed by atoms with E-state index in [1.807, 2.05) is 0 Å². The molecular formula is C10H8N2O4. The second kappa shape index (κ2) is 3.65. The Morgan fingerprint density at radius 2 is 2.19 bits per heavy atom. The fourth-order valence-corrected chi connectivity index (χ4v) is 1.47. The zero-order chi connectivity index (χ0) is 11.7. The third-order valence-electron chi connectivity index (χ3n) is 2.19. The Kier molecular flexibility index (Phi) is 2.32. The monoisotopic (exact) mass is 220 g/mol. The average Bonchev–Trinajstić information content (AvgIpc) is 2.71. The Bertz CT molecular complexity index is 573. The highest BCUT2D eigenvalue weighted by Gasteiger charge is 2.15. The van der Waals surface area contributed by atoms with E-state index in [2.05, 4.69) is 9.72 Å². The molecule has 0 saturated carbocycles. The van der Waals surface area contributed by atoms with Crippen LogP contribution in [0.3, 0.4) is 0 Å². The van der Waals surface area contributed by atoms with Gasteiger partial charge in [-0.2, -0.15) is 0 Å². The lowest BCUT2D eigenvalue weighted by Crippen LogP contribution is -2.06. The van der Waals surface area contributed by atoms with Crippen molar-refractivity contribution in [2.45, 2.75) is 0 Å². The van der Waals surface area contributed by atoms with E-state index in [0.717, 1.165) is 10.9 Å². The van der Waals surface area contributed by atoms with Gasteiger partial charge < -0.3 is 9.84 Å². The molecule has 82 valence electrons. The molecule has 2 aromatic rings. The minimum Gasteiger partial charge on any atom is -0.465 e. The third kappa shape index (κ3) is 1.40. The SMILES string of the molecule is COC(=O)c1cccc2c1ncn2C(=O)O. The van der Waals surface area contributed by atoms with Gasteiger partial charge in [0.05, 0.1) is 18.2 Å². The molecule has 0 aliphatic rings. The predicted octanol–water partition coefficient (Wildman–Crippen LogP) is 1.35. The number of methoxy groups -OCH3 is 1. The number of nitrogens with zero attached hydrogens (tertiary/aromatic N) is 2. The molecular weight excluding hydrogens is 212 g/mol. The molecule has 1 aromatic carbocycles. The summed E-state index contributed by atoms with van der Waals surface area (Å²) >= 11 is 0. The summed E-state index contributed by atoms with van der Waals surface area (Å²) < 4.78 is 5.52. The fourth-order valence-electron chi connectivity index (χ4n) is 1.47. The Morgan fingerprint density at radius 1 is 1.44 bits per heavy atom. The summed E-state index contributed by atoms with van der Waals surface area (Å²) in [6, 6.07) is 4.69. The number of hydrogen-bond donors (Lipinski definition) is 1. The second-order valence-corrected chi connectivity index (χ2v) is 3.06. The van der Waals surface area contributed by atoms with E-state index < -0.39 is 12.1 Å². The summed E-state index contributed by atoms with van der Waals surface area (Å²) in [4.78, 5) is 26.1. The van der Waals surface area contributed by atoms with Gasteiger partial charge in [-0.3, -0.25) is 0 Å². The van der Waals surface area contributed by atoms with Gasteiger partial charge in [0.25, 0.3) is 0 Å². The number of rotatable bonds is 1. The summed E-state index contributed by atoms with van der Waals surface area (Å²) in [7, 11) is 1.26. The molecule has 1 aromatic heterocycles. The van der Waals surface area contributed by atoms with Crippen LogP contribution in [0.4, 0.5) is 4.79 Å². The Hall–Kier alpha value is -2.37. The summed E-state index contributed by atoms with van der Waals surface area (Å²) in [6.07, 6.45) is 0.00363.